The fourth-order valence-corrected chi connectivity index (χ4v) is 2.35. The van der Waals surface area contributed by atoms with E-state index >= 15 is 0 Å². The van der Waals surface area contributed by atoms with Crippen molar-refractivity contribution in [3.05, 3.63) is 53.0 Å². The van der Waals surface area contributed by atoms with Gasteiger partial charge in [0.25, 0.3) is 0 Å². The molecule has 1 aromatic carbocycles. The van der Waals surface area contributed by atoms with E-state index in [1.165, 1.54) is 17.0 Å². The van der Waals surface area contributed by atoms with Crippen LogP contribution in [-0.2, 0) is 4.79 Å². The molecule has 0 N–H and O–H groups in total. The molecule has 2 nitrogen and oxygen atoms in total. The van der Waals surface area contributed by atoms with E-state index in [0.29, 0.717) is 23.1 Å². The topological polar surface area (TPSA) is 20.3 Å². The standard InChI is InChI=1S/C14H12BrF2NO/c1-8(9(2)16)11-5-6-18(14(11)19)10-3-4-12(15)13(17)7-10/h3-4,7,11H,1-2,5-6H2. The fraction of sp³-hybridized carbons (Fsp3) is 0.214. The third-order valence-electron chi connectivity index (χ3n) is 3.19. The number of halogens is 3. The number of allylic oxidation sites excluding steroid dienone is 1. The van der Waals surface area contributed by atoms with E-state index in [0.717, 1.165) is 0 Å². The quantitative estimate of drug-likeness (QED) is 0.769. The molecule has 19 heavy (non-hydrogen) atoms. The summed E-state index contributed by atoms with van der Waals surface area (Å²) in [6.45, 7) is 7.11. The molecule has 1 fully saturated rings. The molecule has 1 aliphatic rings. The van der Waals surface area contributed by atoms with Gasteiger partial charge in [0.15, 0.2) is 0 Å². The number of carbonyl (C=O) groups excluding carboxylic acids is 1. The average Bonchev–Trinajstić information content (AvgIpc) is 2.73. The Kier molecular flexibility index (Phi) is 3.85. The van der Waals surface area contributed by atoms with Crippen molar-refractivity contribution >= 4 is 27.5 Å². The monoisotopic (exact) mass is 327 g/mol. The van der Waals surface area contributed by atoms with E-state index in [1.54, 1.807) is 6.07 Å². The molecule has 1 aromatic rings. The fourth-order valence-electron chi connectivity index (χ4n) is 2.10. The Labute approximate surface area is 118 Å². The van der Waals surface area contributed by atoms with Crippen LogP contribution in [-0.4, -0.2) is 12.5 Å². The Morgan fingerprint density at radius 1 is 1.42 bits per heavy atom. The molecule has 1 aliphatic heterocycles. The maximum Gasteiger partial charge on any atom is 0.234 e. The van der Waals surface area contributed by atoms with Crippen LogP contribution in [0.4, 0.5) is 14.5 Å². The maximum atomic E-state index is 13.5. The van der Waals surface area contributed by atoms with E-state index in [9.17, 15) is 13.6 Å². The minimum absolute atomic E-state index is 0.102. The lowest BCUT2D eigenvalue weighted by molar-refractivity contribution is -0.119. The molecule has 0 radical (unpaired) electrons. The highest BCUT2D eigenvalue weighted by atomic mass is 79.9. The second-order valence-electron chi connectivity index (χ2n) is 4.36. The van der Waals surface area contributed by atoms with Gasteiger partial charge in [0.1, 0.15) is 11.6 Å². The molecule has 2 rings (SSSR count). The molecule has 1 heterocycles. The Morgan fingerprint density at radius 2 is 2.11 bits per heavy atom. The number of hydrogen-bond donors (Lipinski definition) is 0. The summed E-state index contributed by atoms with van der Waals surface area (Å²) in [7, 11) is 0. The zero-order chi connectivity index (χ0) is 14.2. The summed E-state index contributed by atoms with van der Waals surface area (Å²) in [5.41, 5.74) is 0.565. The van der Waals surface area contributed by atoms with Crippen LogP contribution in [0, 0.1) is 11.7 Å². The molecule has 5 heteroatoms. The largest absolute Gasteiger partial charge is 0.312 e. The Bertz CT molecular complexity index is 571. The first-order valence-electron chi connectivity index (χ1n) is 5.72. The number of benzene rings is 1. The molecular formula is C14H12BrF2NO. The molecule has 0 bridgehead atoms. The van der Waals surface area contributed by atoms with Crippen LogP contribution in [0.5, 0.6) is 0 Å². The lowest BCUT2D eigenvalue weighted by Crippen LogP contribution is -2.27. The normalized spacial score (nSPS) is 18.8. The molecule has 0 aromatic heterocycles. The molecule has 1 amide bonds. The van der Waals surface area contributed by atoms with Crippen LogP contribution >= 0.6 is 15.9 Å². The Hall–Kier alpha value is -1.49. The molecule has 100 valence electrons. The molecule has 0 spiro atoms. The van der Waals surface area contributed by atoms with Gasteiger partial charge in [0.2, 0.25) is 5.91 Å². The highest BCUT2D eigenvalue weighted by molar-refractivity contribution is 9.10. The third kappa shape index (κ3) is 2.61. The van der Waals surface area contributed by atoms with Crippen molar-refractivity contribution in [3.8, 4) is 0 Å². The molecular weight excluding hydrogens is 316 g/mol. The lowest BCUT2D eigenvalue weighted by atomic mass is 9.98. The molecule has 0 saturated carbocycles. The number of nitrogens with zero attached hydrogens (tertiary/aromatic N) is 1. The van der Waals surface area contributed by atoms with Gasteiger partial charge in [-0.3, -0.25) is 4.79 Å². The van der Waals surface area contributed by atoms with Crippen LogP contribution in [0.3, 0.4) is 0 Å². The Balaban J connectivity index is 2.24. The van der Waals surface area contributed by atoms with E-state index in [-0.39, 0.29) is 11.5 Å². The lowest BCUT2D eigenvalue weighted by Gasteiger charge is -2.17. The predicted molar refractivity (Wildman–Crippen MR) is 73.9 cm³/mol. The first-order chi connectivity index (χ1) is 8.91. The second kappa shape index (κ2) is 5.25. The van der Waals surface area contributed by atoms with E-state index in [4.69, 9.17) is 0 Å². The van der Waals surface area contributed by atoms with Crippen LogP contribution in [0.2, 0.25) is 0 Å². The highest BCUT2D eigenvalue weighted by Crippen LogP contribution is 2.33. The molecule has 1 unspecified atom stereocenters. The van der Waals surface area contributed by atoms with E-state index in [2.05, 4.69) is 29.1 Å². The zero-order valence-electron chi connectivity index (χ0n) is 10.1. The van der Waals surface area contributed by atoms with Crippen molar-refractivity contribution < 1.29 is 13.6 Å². The maximum absolute atomic E-state index is 13.5. The summed E-state index contributed by atoms with van der Waals surface area (Å²) in [6.07, 6.45) is 0.457. The molecule has 0 aliphatic carbocycles. The van der Waals surface area contributed by atoms with Crippen molar-refractivity contribution in [2.24, 2.45) is 5.92 Å². The van der Waals surface area contributed by atoms with Crippen molar-refractivity contribution in [1.29, 1.82) is 0 Å². The van der Waals surface area contributed by atoms with Gasteiger partial charge in [0.05, 0.1) is 10.4 Å². The number of hydrogen-bond acceptors (Lipinski definition) is 1. The highest BCUT2D eigenvalue weighted by Gasteiger charge is 2.35. The van der Waals surface area contributed by atoms with Gasteiger partial charge in [0, 0.05) is 12.2 Å². The summed E-state index contributed by atoms with van der Waals surface area (Å²) in [5, 5.41) is 0. The van der Waals surface area contributed by atoms with Gasteiger partial charge >= 0.3 is 0 Å². The van der Waals surface area contributed by atoms with Gasteiger partial charge < -0.3 is 4.90 Å². The van der Waals surface area contributed by atoms with Crippen molar-refractivity contribution in [1.82, 2.24) is 0 Å². The smallest absolute Gasteiger partial charge is 0.234 e. The second-order valence-corrected chi connectivity index (χ2v) is 5.21. The summed E-state index contributed by atoms with van der Waals surface area (Å²) >= 11 is 3.05. The summed E-state index contributed by atoms with van der Waals surface area (Å²) in [4.78, 5) is 13.6. The number of anilines is 1. The number of rotatable bonds is 3. The van der Waals surface area contributed by atoms with Crippen LogP contribution in [0.25, 0.3) is 0 Å². The van der Waals surface area contributed by atoms with Crippen molar-refractivity contribution in [2.45, 2.75) is 6.42 Å². The first kappa shape index (κ1) is 13.9. The van der Waals surface area contributed by atoms with Crippen LogP contribution in [0.1, 0.15) is 6.42 Å². The summed E-state index contributed by atoms with van der Waals surface area (Å²) in [6, 6.07) is 4.45. The van der Waals surface area contributed by atoms with Gasteiger partial charge in [-0.25, -0.2) is 8.78 Å². The predicted octanol–water partition coefficient (Wildman–Crippen LogP) is 3.98. The molecule has 1 atom stereocenters. The van der Waals surface area contributed by atoms with Gasteiger partial charge in [-0.05, 0) is 46.1 Å². The summed E-state index contributed by atoms with van der Waals surface area (Å²) < 4.78 is 26.8. The van der Waals surface area contributed by atoms with E-state index < -0.39 is 17.6 Å². The first-order valence-corrected chi connectivity index (χ1v) is 6.51. The van der Waals surface area contributed by atoms with Gasteiger partial charge in [-0.15, -0.1) is 0 Å². The molecule has 1 saturated heterocycles. The van der Waals surface area contributed by atoms with Crippen LogP contribution < -0.4 is 4.90 Å². The van der Waals surface area contributed by atoms with Gasteiger partial charge in [-0.1, -0.05) is 13.2 Å². The Morgan fingerprint density at radius 3 is 2.68 bits per heavy atom. The van der Waals surface area contributed by atoms with E-state index in [1.807, 2.05) is 0 Å². The SMILES string of the molecule is C=C(F)C(=C)C1CCN(c2ccc(Br)c(F)c2)C1=O. The zero-order valence-corrected chi connectivity index (χ0v) is 11.7. The minimum atomic E-state index is -0.679. The van der Waals surface area contributed by atoms with Crippen molar-refractivity contribution in [2.75, 3.05) is 11.4 Å². The number of carbonyl (C=O) groups is 1. The summed E-state index contributed by atoms with van der Waals surface area (Å²) in [5.74, 6) is -2.00. The van der Waals surface area contributed by atoms with Crippen LogP contribution in [0.15, 0.2) is 47.2 Å². The van der Waals surface area contributed by atoms with Crippen molar-refractivity contribution in [3.63, 3.8) is 0 Å². The average molecular weight is 328 g/mol. The third-order valence-corrected chi connectivity index (χ3v) is 3.83. The minimum Gasteiger partial charge on any atom is -0.312 e. The number of amides is 1. The van der Waals surface area contributed by atoms with Gasteiger partial charge in [-0.2, -0.15) is 0 Å².